The van der Waals surface area contributed by atoms with Crippen molar-refractivity contribution in [3.63, 3.8) is 0 Å². The van der Waals surface area contributed by atoms with E-state index in [2.05, 4.69) is 127 Å². The summed E-state index contributed by atoms with van der Waals surface area (Å²) in [5.74, 6) is 0. The summed E-state index contributed by atoms with van der Waals surface area (Å²) in [5, 5.41) is 2.84. The molecular formula is C29H33NSi. The molecule has 1 N–H and O–H groups in total. The molecule has 0 unspecified atom stereocenters. The summed E-state index contributed by atoms with van der Waals surface area (Å²) in [6.07, 6.45) is 15.8. The predicted molar refractivity (Wildman–Crippen MR) is 138 cm³/mol. The van der Waals surface area contributed by atoms with Crippen molar-refractivity contribution in [2.24, 2.45) is 0 Å². The Kier molecular flexibility index (Phi) is 6.88. The topological polar surface area (TPSA) is 12.0 Å². The van der Waals surface area contributed by atoms with Gasteiger partial charge in [0.05, 0.1) is 0 Å². The van der Waals surface area contributed by atoms with Crippen LogP contribution in [0.2, 0.25) is 5.04 Å². The van der Waals surface area contributed by atoms with Gasteiger partial charge >= 0.3 is 0 Å². The van der Waals surface area contributed by atoms with Gasteiger partial charge in [0.25, 0.3) is 0 Å². The Bertz CT molecular complexity index is 941. The van der Waals surface area contributed by atoms with E-state index >= 15 is 0 Å². The van der Waals surface area contributed by atoms with Gasteiger partial charge in [-0.1, -0.05) is 136 Å². The molecule has 0 radical (unpaired) electrons. The Morgan fingerprint density at radius 1 is 0.645 bits per heavy atom. The zero-order chi connectivity index (χ0) is 21.4. The second kappa shape index (κ2) is 9.98. The summed E-state index contributed by atoms with van der Waals surface area (Å²) in [5.41, 5.74) is 1.20. The molecule has 0 atom stereocenters. The molecule has 1 aliphatic carbocycles. The lowest BCUT2D eigenvalue weighted by molar-refractivity contribution is 0.594. The maximum atomic E-state index is 4.19. The highest BCUT2D eigenvalue weighted by atomic mass is 28.3. The van der Waals surface area contributed by atoms with Crippen LogP contribution >= 0.6 is 0 Å². The first kappa shape index (κ1) is 21.4. The molecular weight excluding hydrogens is 390 g/mol. The maximum Gasteiger partial charge on any atom is 0.232 e. The minimum atomic E-state index is -2.49. The van der Waals surface area contributed by atoms with Gasteiger partial charge in [-0.2, -0.15) is 0 Å². The average Bonchev–Trinajstić information content (AvgIpc) is 3.32. The smallest absolute Gasteiger partial charge is 0.232 e. The van der Waals surface area contributed by atoms with E-state index in [1.807, 2.05) is 0 Å². The van der Waals surface area contributed by atoms with Gasteiger partial charge in [0, 0.05) is 10.7 Å². The molecule has 3 aromatic rings. The molecule has 0 amide bonds. The second-order valence-electron chi connectivity index (χ2n) is 8.54. The number of unbranched alkanes of at least 4 members (excludes halogenated alkanes) is 3. The SMILES string of the molecule is CCCCCCC1([Si](Nc2ccccc2)(c2ccccc2)c2ccccc2)C=CC=C1. The molecule has 4 rings (SSSR count). The molecule has 3 aromatic carbocycles. The highest BCUT2D eigenvalue weighted by molar-refractivity contribution is 7.07. The zero-order valence-electron chi connectivity index (χ0n) is 18.5. The lowest BCUT2D eigenvalue weighted by atomic mass is 10.0. The van der Waals surface area contributed by atoms with Crippen molar-refractivity contribution in [2.45, 2.75) is 44.1 Å². The Hall–Kier alpha value is -2.84. The number of allylic oxidation sites excluding steroid dienone is 4. The van der Waals surface area contributed by atoms with Gasteiger partial charge in [0.15, 0.2) is 0 Å². The molecule has 0 saturated heterocycles. The Balaban J connectivity index is 1.92. The van der Waals surface area contributed by atoms with Gasteiger partial charge in [-0.25, -0.2) is 0 Å². The van der Waals surface area contributed by atoms with E-state index < -0.39 is 8.24 Å². The van der Waals surface area contributed by atoms with Gasteiger partial charge in [0.2, 0.25) is 8.24 Å². The Labute approximate surface area is 188 Å². The second-order valence-corrected chi connectivity index (χ2v) is 12.4. The number of para-hydroxylation sites is 1. The number of hydrogen-bond donors (Lipinski definition) is 1. The third-order valence-electron chi connectivity index (χ3n) is 6.56. The van der Waals surface area contributed by atoms with Crippen LogP contribution < -0.4 is 15.4 Å². The summed E-state index contributed by atoms with van der Waals surface area (Å²) in [4.78, 5) is 4.19. The minimum Gasteiger partial charge on any atom is -0.403 e. The summed E-state index contributed by atoms with van der Waals surface area (Å²) in [6, 6.07) is 33.2. The lowest BCUT2D eigenvalue weighted by Gasteiger charge is -2.47. The zero-order valence-corrected chi connectivity index (χ0v) is 19.5. The number of hydrogen-bond acceptors (Lipinski definition) is 1. The van der Waals surface area contributed by atoms with Crippen molar-refractivity contribution in [1.29, 1.82) is 0 Å². The van der Waals surface area contributed by atoms with E-state index in [-0.39, 0.29) is 5.04 Å². The predicted octanol–water partition coefficient (Wildman–Crippen LogP) is 6.70. The van der Waals surface area contributed by atoms with Crippen molar-refractivity contribution in [3.05, 3.63) is 115 Å². The molecule has 0 aliphatic heterocycles. The molecule has 1 nitrogen and oxygen atoms in total. The molecule has 0 aromatic heterocycles. The molecule has 31 heavy (non-hydrogen) atoms. The van der Waals surface area contributed by atoms with Crippen LogP contribution in [-0.2, 0) is 0 Å². The van der Waals surface area contributed by atoms with Crippen molar-refractivity contribution in [3.8, 4) is 0 Å². The fourth-order valence-corrected chi connectivity index (χ4v) is 10.2. The highest BCUT2D eigenvalue weighted by Crippen LogP contribution is 2.48. The minimum absolute atomic E-state index is 0.0146. The van der Waals surface area contributed by atoms with Crippen molar-refractivity contribution in [2.75, 3.05) is 4.98 Å². The van der Waals surface area contributed by atoms with E-state index in [4.69, 9.17) is 0 Å². The lowest BCUT2D eigenvalue weighted by Crippen LogP contribution is -2.71. The van der Waals surface area contributed by atoms with Gasteiger partial charge in [-0.15, -0.1) is 0 Å². The van der Waals surface area contributed by atoms with Crippen molar-refractivity contribution >= 4 is 24.3 Å². The van der Waals surface area contributed by atoms with Gasteiger partial charge in [-0.3, -0.25) is 0 Å². The molecule has 158 valence electrons. The summed E-state index contributed by atoms with van der Waals surface area (Å²) < 4.78 is 0. The standard InChI is InChI=1S/C29H33NSi/c1-2-3-4-14-23-29(24-15-16-25-29)31(27-19-10-6-11-20-27,28-21-12-7-13-22-28)30-26-17-8-5-9-18-26/h5-13,15-22,24-25,30H,2-4,14,23H2,1H3. The first-order valence-electron chi connectivity index (χ1n) is 11.6. The fourth-order valence-electron chi connectivity index (χ4n) is 5.04. The maximum absolute atomic E-state index is 4.19. The van der Waals surface area contributed by atoms with Crippen molar-refractivity contribution in [1.82, 2.24) is 0 Å². The third-order valence-corrected chi connectivity index (χ3v) is 11.6. The van der Waals surface area contributed by atoms with E-state index in [0.717, 1.165) is 6.42 Å². The first-order valence-corrected chi connectivity index (χ1v) is 13.6. The number of rotatable bonds is 10. The van der Waals surface area contributed by atoms with Gasteiger partial charge in [-0.05, 0) is 28.9 Å². The molecule has 0 fully saturated rings. The highest BCUT2D eigenvalue weighted by Gasteiger charge is 2.54. The van der Waals surface area contributed by atoms with E-state index in [9.17, 15) is 0 Å². The fraction of sp³-hybridized carbons (Fsp3) is 0.241. The largest absolute Gasteiger partial charge is 0.403 e. The Morgan fingerprint density at radius 3 is 1.68 bits per heavy atom. The molecule has 0 spiro atoms. The van der Waals surface area contributed by atoms with Gasteiger partial charge in [0.1, 0.15) is 0 Å². The third kappa shape index (κ3) is 4.31. The van der Waals surface area contributed by atoms with Crippen LogP contribution in [0.1, 0.15) is 39.0 Å². The summed E-state index contributed by atoms with van der Waals surface area (Å²) in [6.45, 7) is 2.29. The molecule has 2 heteroatoms. The Morgan fingerprint density at radius 2 is 1.16 bits per heavy atom. The van der Waals surface area contributed by atoms with E-state index in [0.29, 0.717) is 0 Å². The molecule has 0 heterocycles. The van der Waals surface area contributed by atoms with Crippen LogP contribution in [0.5, 0.6) is 0 Å². The van der Waals surface area contributed by atoms with E-state index in [1.165, 1.54) is 41.7 Å². The first-order chi connectivity index (χ1) is 15.3. The monoisotopic (exact) mass is 423 g/mol. The van der Waals surface area contributed by atoms with Crippen LogP contribution in [0.3, 0.4) is 0 Å². The van der Waals surface area contributed by atoms with Crippen LogP contribution in [0, 0.1) is 0 Å². The van der Waals surface area contributed by atoms with Gasteiger partial charge < -0.3 is 4.98 Å². The normalized spacial score (nSPS) is 14.6. The molecule has 1 aliphatic rings. The molecule has 0 bridgehead atoms. The summed E-state index contributed by atoms with van der Waals surface area (Å²) in [7, 11) is -2.49. The number of nitrogens with one attached hydrogen (secondary N) is 1. The average molecular weight is 424 g/mol. The van der Waals surface area contributed by atoms with Crippen LogP contribution in [0.15, 0.2) is 115 Å². The quantitative estimate of drug-likeness (QED) is 0.283. The number of benzene rings is 3. The van der Waals surface area contributed by atoms with Crippen LogP contribution in [-0.4, -0.2) is 8.24 Å². The van der Waals surface area contributed by atoms with Crippen LogP contribution in [0.25, 0.3) is 0 Å². The van der Waals surface area contributed by atoms with Crippen molar-refractivity contribution < 1.29 is 0 Å². The molecule has 0 saturated carbocycles. The summed E-state index contributed by atoms with van der Waals surface area (Å²) >= 11 is 0. The number of anilines is 1. The van der Waals surface area contributed by atoms with E-state index in [1.54, 1.807) is 0 Å². The van der Waals surface area contributed by atoms with Crippen LogP contribution in [0.4, 0.5) is 5.69 Å².